The Kier molecular flexibility index (Phi) is 14.2. The van der Waals surface area contributed by atoms with Crippen molar-refractivity contribution in [1.82, 2.24) is 0 Å². The SMILES string of the molecule is CCCCC[C@H](O)C#C/C=C/CCCCCCCl. The fourth-order valence-electron chi connectivity index (χ4n) is 1.66. The van der Waals surface area contributed by atoms with Crippen LogP contribution in [-0.4, -0.2) is 17.1 Å². The number of allylic oxidation sites excluding steroid dienone is 2. The second-order valence-electron chi connectivity index (χ2n) is 4.59. The van der Waals surface area contributed by atoms with Gasteiger partial charge < -0.3 is 5.11 Å². The Morgan fingerprint density at radius 3 is 2.61 bits per heavy atom. The number of halogens is 1. The summed E-state index contributed by atoms with van der Waals surface area (Å²) >= 11 is 5.60. The third kappa shape index (κ3) is 13.6. The molecular weight excluding hydrogens is 244 g/mol. The second-order valence-corrected chi connectivity index (χ2v) is 4.97. The zero-order valence-corrected chi connectivity index (χ0v) is 12.4. The maximum atomic E-state index is 9.56. The molecule has 0 bridgehead atoms. The predicted octanol–water partition coefficient (Wildman–Crippen LogP) is 4.68. The summed E-state index contributed by atoms with van der Waals surface area (Å²) in [4.78, 5) is 0. The first-order valence-electron chi connectivity index (χ1n) is 7.21. The van der Waals surface area contributed by atoms with Gasteiger partial charge in [-0.15, -0.1) is 11.6 Å². The lowest BCUT2D eigenvalue weighted by molar-refractivity contribution is 0.217. The molecule has 0 aromatic carbocycles. The molecule has 18 heavy (non-hydrogen) atoms. The molecule has 0 unspecified atom stereocenters. The lowest BCUT2D eigenvalue weighted by Gasteiger charge is -2.00. The summed E-state index contributed by atoms with van der Waals surface area (Å²) < 4.78 is 0. The van der Waals surface area contributed by atoms with Gasteiger partial charge in [0.2, 0.25) is 0 Å². The molecule has 0 spiro atoms. The van der Waals surface area contributed by atoms with Gasteiger partial charge in [0.15, 0.2) is 0 Å². The molecule has 0 rings (SSSR count). The molecular formula is C16H27ClO. The molecule has 1 atom stereocenters. The van der Waals surface area contributed by atoms with E-state index in [1.54, 1.807) is 0 Å². The van der Waals surface area contributed by atoms with Crippen LogP contribution in [0.25, 0.3) is 0 Å². The van der Waals surface area contributed by atoms with Gasteiger partial charge in [0.25, 0.3) is 0 Å². The highest BCUT2D eigenvalue weighted by atomic mass is 35.5. The summed E-state index contributed by atoms with van der Waals surface area (Å²) in [5.41, 5.74) is 0. The molecule has 0 aliphatic heterocycles. The van der Waals surface area contributed by atoms with Gasteiger partial charge in [-0.2, -0.15) is 0 Å². The van der Waals surface area contributed by atoms with E-state index in [0.29, 0.717) is 0 Å². The van der Waals surface area contributed by atoms with Crippen LogP contribution in [0.15, 0.2) is 12.2 Å². The largest absolute Gasteiger partial charge is 0.380 e. The molecule has 2 heteroatoms. The van der Waals surface area contributed by atoms with Crippen LogP contribution in [0.5, 0.6) is 0 Å². The van der Waals surface area contributed by atoms with Crippen LogP contribution in [0.2, 0.25) is 0 Å². The van der Waals surface area contributed by atoms with Gasteiger partial charge in [-0.05, 0) is 38.2 Å². The molecule has 0 aliphatic carbocycles. The number of hydrogen-bond acceptors (Lipinski definition) is 1. The van der Waals surface area contributed by atoms with Crippen LogP contribution in [-0.2, 0) is 0 Å². The molecule has 0 aromatic heterocycles. The van der Waals surface area contributed by atoms with Crippen LogP contribution in [0.3, 0.4) is 0 Å². The third-order valence-electron chi connectivity index (χ3n) is 2.79. The molecule has 0 radical (unpaired) electrons. The molecule has 0 saturated carbocycles. The number of alkyl halides is 1. The minimum Gasteiger partial charge on any atom is -0.380 e. The Hall–Kier alpha value is -0.450. The molecule has 0 fully saturated rings. The predicted molar refractivity (Wildman–Crippen MR) is 80.9 cm³/mol. The normalized spacial score (nSPS) is 12.4. The summed E-state index contributed by atoms with van der Waals surface area (Å²) in [6.45, 7) is 2.16. The Balaban J connectivity index is 3.44. The van der Waals surface area contributed by atoms with E-state index in [4.69, 9.17) is 11.6 Å². The third-order valence-corrected chi connectivity index (χ3v) is 3.05. The van der Waals surface area contributed by atoms with Crippen LogP contribution in [0.1, 0.15) is 64.7 Å². The van der Waals surface area contributed by atoms with Crippen molar-refractivity contribution in [1.29, 1.82) is 0 Å². The van der Waals surface area contributed by atoms with Crippen molar-refractivity contribution in [2.24, 2.45) is 0 Å². The Morgan fingerprint density at radius 2 is 1.89 bits per heavy atom. The molecule has 0 aromatic rings. The standard InChI is InChI=1S/C16H27ClO/c1-2-3-10-13-16(18)14-11-8-6-4-5-7-9-12-15-17/h6,8,16,18H,2-5,7,9-10,12-13,15H2,1H3/b8-6+/t16-/m0/s1. The van der Waals surface area contributed by atoms with Crippen LogP contribution in [0.4, 0.5) is 0 Å². The first-order valence-corrected chi connectivity index (χ1v) is 7.74. The van der Waals surface area contributed by atoms with Crippen LogP contribution in [0, 0.1) is 11.8 Å². The van der Waals surface area contributed by atoms with E-state index in [0.717, 1.165) is 31.6 Å². The fraction of sp³-hybridized carbons (Fsp3) is 0.750. The monoisotopic (exact) mass is 270 g/mol. The summed E-state index contributed by atoms with van der Waals surface area (Å²) in [6.07, 6.45) is 13.6. The summed E-state index contributed by atoms with van der Waals surface area (Å²) in [6, 6.07) is 0. The molecule has 0 amide bonds. The van der Waals surface area contributed by atoms with E-state index >= 15 is 0 Å². The molecule has 104 valence electrons. The zero-order valence-electron chi connectivity index (χ0n) is 11.6. The average molecular weight is 271 g/mol. The summed E-state index contributed by atoms with van der Waals surface area (Å²) in [5.74, 6) is 6.54. The molecule has 1 N–H and O–H groups in total. The minimum atomic E-state index is -0.454. The Bertz CT molecular complexity index is 250. The van der Waals surface area contributed by atoms with Gasteiger partial charge in [0, 0.05) is 5.88 Å². The first kappa shape index (κ1) is 17.6. The van der Waals surface area contributed by atoms with Gasteiger partial charge in [0.1, 0.15) is 6.10 Å². The number of aliphatic hydroxyl groups is 1. The van der Waals surface area contributed by atoms with Gasteiger partial charge in [-0.3, -0.25) is 0 Å². The van der Waals surface area contributed by atoms with Crippen molar-refractivity contribution in [3.63, 3.8) is 0 Å². The quantitative estimate of drug-likeness (QED) is 0.347. The lowest BCUT2D eigenvalue weighted by Crippen LogP contribution is -2.01. The van der Waals surface area contributed by atoms with Gasteiger partial charge in [-0.25, -0.2) is 0 Å². The molecule has 0 heterocycles. The topological polar surface area (TPSA) is 20.2 Å². The van der Waals surface area contributed by atoms with Gasteiger partial charge in [-0.1, -0.05) is 50.5 Å². The smallest absolute Gasteiger partial charge is 0.115 e. The zero-order chi connectivity index (χ0) is 13.5. The van der Waals surface area contributed by atoms with E-state index in [9.17, 15) is 5.11 Å². The van der Waals surface area contributed by atoms with Crippen molar-refractivity contribution in [2.75, 3.05) is 5.88 Å². The first-order chi connectivity index (χ1) is 8.81. The summed E-state index contributed by atoms with van der Waals surface area (Å²) in [7, 11) is 0. The average Bonchev–Trinajstić information content (AvgIpc) is 2.37. The maximum Gasteiger partial charge on any atom is 0.115 e. The fourth-order valence-corrected chi connectivity index (χ4v) is 1.85. The van der Waals surface area contributed by atoms with Crippen molar-refractivity contribution in [2.45, 2.75) is 70.8 Å². The highest BCUT2D eigenvalue weighted by Gasteiger charge is 1.96. The molecule has 0 saturated heterocycles. The highest BCUT2D eigenvalue weighted by molar-refractivity contribution is 6.17. The van der Waals surface area contributed by atoms with Crippen molar-refractivity contribution in [3.05, 3.63) is 12.2 Å². The van der Waals surface area contributed by atoms with E-state index in [1.807, 2.05) is 6.08 Å². The van der Waals surface area contributed by atoms with Gasteiger partial charge >= 0.3 is 0 Å². The van der Waals surface area contributed by atoms with E-state index in [1.165, 1.54) is 32.1 Å². The maximum absolute atomic E-state index is 9.56. The Labute approximate surface area is 118 Å². The Morgan fingerprint density at radius 1 is 1.11 bits per heavy atom. The van der Waals surface area contributed by atoms with E-state index in [2.05, 4.69) is 24.8 Å². The van der Waals surface area contributed by atoms with Crippen LogP contribution >= 0.6 is 11.6 Å². The van der Waals surface area contributed by atoms with Crippen molar-refractivity contribution in [3.8, 4) is 11.8 Å². The molecule has 0 aliphatic rings. The van der Waals surface area contributed by atoms with Crippen LogP contribution < -0.4 is 0 Å². The highest BCUT2D eigenvalue weighted by Crippen LogP contribution is 2.04. The van der Waals surface area contributed by atoms with Crippen molar-refractivity contribution >= 4 is 11.6 Å². The minimum absolute atomic E-state index is 0.454. The van der Waals surface area contributed by atoms with E-state index < -0.39 is 6.10 Å². The number of aliphatic hydroxyl groups excluding tert-OH is 1. The van der Waals surface area contributed by atoms with E-state index in [-0.39, 0.29) is 0 Å². The number of rotatable bonds is 10. The number of unbranched alkanes of at least 4 members (excludes halogenated alkanes) is 6. The number of hydrogen-bond donors (Lipinski definition) is 1. The summed E-state index contributed by atoms with van der Waals surface area (Å²) in [5, 5.41) is 9.56. The second kappa shape index (κ2) is 14.6. The van der Waals surface area contributed by atoms with Crippen molar-refractivity contribution < 1.29 is 5.11 Å². The van der Waals surface area contributed by atoms with Gasteiger partial charge in [0.05, 0.1) is 0 Å². The molecule has 1 nitrogen and oxygen atoms in total. The lowest BCUT2D eigenvalue weighted by atomic mass is 10.1.